The number of amides is 1. The molecule has 1 saturated carbocycles. The van der Waals surface area contributed by atoms with Crippen LogP contribution in [0.2, 0.25) is 0 Å². The second kappa shape index (κ2) is 7.99. The summed E-state index contributed by atoms with van der Waals surface area (Å²) in [6.45, 7) is 5.49. The van der Waals surface area contributed by atoms with Gasteiger partial charge in [0.15, 0.2) is 0 Å². The van der Waals surface area contributed by atoms with E-state index in [0.717, 1.165) is 38.8 Å². The summed E-state index contributed by atoms with van der Waals surface area (Å²) in [5.41, 5.74) is 6.01. The molecule has 0 aromatic carbocycles. The number of likely N-dealkylation sites (N-methyl/N-ethyl adjacent to an activating group) is 1. The molecule has 3 N–H and O–H groups in total. The Hall–Kier alpha value is -0.610. The van der Waals surface area contributed by atoms with Crippen LogP contribution in [0.5, 0.6) is 0 Å². The van der Waals surface area contributed by atoms with Crippen molar-refractivity contribution in [1.82, 2.24) is 10.2 Å². The van der Waals surface area contributed by atoms with Crippen LogP contribution >= 0.6 is 0 Å². The average molecular weight is 281 g/mol. The zero-order valence-electron chi connectivity index (χ0n) is 12.9. The van der Waals surface area contributed by atoms with E-state index < -0.39 is 0 Å². The Morgan fingerprint density at radius 2 is 2.15 bits per heavy atom. The van der Waals surface area contributed by atoms with Gasteiger partial charge in [0.1, 0.15) is 0 Å². The fraction of sp³-hybridized carbons (Fsp3) is 0.938. The highest BCUT2D eigenvalue weighted by Crippen LogP contribution is 2.26. The van der Waals surface area contributed by atoms with Crippen LogP contribution in [0.3, 0.4) is 0 Å². The van der Waals surface area contributed by atoms with E-state index in [1.54, 1.807) is 0 Å². The lowest BCUT2D eigenvalue weighted by atomic mass is 9.83. The zero-order chi connectivity index (χ0) is 14.4. The number of carbonyl (C=O) groups excluding carboxylic acids is 1. The number of rotatable bonds is 5. The SMILES string of the molecule is CCN1CCCC(NC(=O)CCC2CCCC(N)C2)C1. The maximum Gasteiger partial charge on any atom is 0.220 e. The molecule has 2 rings (SSSR count). The fourth-order valence-corrected chi connectivity index (χ4v) is 3.69. The molecule has 20 heavy (non-hydrogen) atoms. The Morgan fingerprint density at radius 3 is 2.90 bits per heavy atom. The van der Waals surface area contributed by atoms with Crippen molar-refractivity contribution >= 4 is 5.91 Å². The van der Waals surface area contributed by atoms with Crippen LogP contribution in [0.1, 0.15) is 58.3 Å². The van der Waals surface area contributed by atoms with E-state index >= 15 is 0 Å². The van der Waals surface area contributed by atoms with Crippen molar-refractivity contribution in [1.29, 1.82) is 0 Å². The third-order valence-corrected chi connectivity index (χ3v) is 4.92. The molecule has 1 heterocycles. The number of nitrogens with two attached hydrogens (primary N) is 1. The molecule has 3 unspecified atom stereocenters. The molecule has 4 heteroatoms. The van der Waals surface area contributed by atoms with Crippen molar-refractivity contribution in [3.05, 3.63) is 0 Å². The first-order valence-electron chi connectivity index (χ1n) is 8.44. The van der Waals surface area contributed by atoms with Crippen molar-refractivity contribution in [2.75, 3.05) is 19.6 Å². The lowest BCUT2D eigenvalue weighted by molar-refractivity contribution is -0.122. The Labute approximate surface area is 123 Å². The maximum atomic E-state index is 12.1. The van der Waals surface area contributed by atoms with Crippen LogP contribution in [0.25, 0.3) is 0 Å². The molecule has 3 atom stereocenters. The number of nitrogens with zero attached hydrogens (tertiary/aromatic N) is 1. The van der Waals surface area contributed by atoms with Crippen molar-refractivity contribution in [3.8, 4) is 0 Å². The van der Waals surface area contributed by atoms with E-state index in [1.165, 1.54) is 25.8 Å². The quantitative estimate of drug-likeness (QED) is 0.809. The monoisotopic (exact) mass is 281 g/mol. The Kier molecular flexibility index (Phi) is 6.30. The third kappa shape index (κ3) is 5.06. The van der Waals surface area contributed by atoms with E-state index in [4.69, 9.17) is 5.73 Å². The molecule has 0 aromatic rings. The van der Waals surface area contributed by atoms with Gasteiger partial charge in [0, 0.05) is 25.0 Å². The minimum atomic E-state index is 0.243. The molecular weight excluding hydrogens is 250 g/mol. The molecule has 0 aromatic heterocycles. The normalized spacial score (nSPS) is 32.0. The number of likely N-dealkylation sites (tertiary alicyclic amines) is 1. The summed E-state index contributed by atoms with van der Waals surface area (Å²) in [6.07, 6.45) is 8.81. The average Bonchev–Trinajstić information content (AvgIpc) is 2.45. The van der Waals surface area contributed by atoms with Crippen molar-refractivity contribution < 1.29 is 4.79 Å². The molecular formula is C16H31N3O. The lowest BCUT2D eigenvalue weighted by Gasteiger charge is -2.32. The maximum absolute atomic E-state index is 12.1. The lowest BCUT2D eigenvalue weighted by Crippen LogP contribution is -2.47. The summed E-state index contributed by atoms with van der Waals surface area (Å²) < 4.78 is 0. The molecule has 2 fully saturated rings. The highest BCUT2D eigenvalue weighted by molar-refractivity contribution is 5.76. The largest absolute Gasteiger partial charge is 0.352 e. The van der Waals surface area contributed by atoms with Crippen molar-refractivity contribution in [3.63, 3.8) is 0 Å². The van der Waals surface area contributed by atoms with E-state index in [2.05, 4.69) is 17.1 Å². The van der Waals surface area contributed by atoms with Crippen LogP contribution in [0, 0.1) is 5.92 Å². The van der Waals surface area contributed by atoms with Gasteiger partial charge in [-0.2, -0.15) is 0 Å². The van der Waals surface area contributed by atoms with Crippen LogP contribution in [-0.2, 0) is 4.79 Å². The van der Waals surface area contributed by atoms with Gasteiger partial charge in [-0.3, -0.25) is 4.79 Å². The smallest absolute Gasteiger partial charge is 0.220 e. The first kappa shape index (κ1) is 15.8. The van der Waals surface area contributed by atoms with Crippen LogP contribution < -0.4 is 11.1 Å². The van der Waals surface area contributed by atoms with Gasteiger partial charge in [0.25, 0.3) is 0 Å². The predicted molar refractivity (Wildman–Crippen MR) is 82.4 cm³/mol. The van der Waals surface area contributed by atoms with Crippen molar-refractivity contribution in [2.45, 2.75) is 70.4 Å². The highest BCUT2D eigenvalue weighted by Gasteiger charge is 2.22. The summed E-state index contributed by atoms with van der Waals surface area (Å²) in [5.74, 6) is 0.912. The van der Waals surface area contributed by atoms with Crippen LogP contribution in [0.15, 0.2) is 0 Å². The van der Waals surface area contributed by atoms with E-state index in [0.29, 0.717) is 24.4 Å². The first-order chi connectivity index (χ1) is 9.67. The molecule has 1 saturated heterocycles. The van der Waals surface area contributed by atoms with Gasteiger partial charge in [0.05, 0.1) is 0 Å². The third-order valence-electron chi connectivity index (χ3n) is 4.92. The highest BCUT2D eigenvalue weighted by atomic mass is 16.1. The Bertz CT molecular complexity index is 308. The minimum absolute atomic E-state index is 0.243. The summed E-state index contributed by atoms with van der Waals surface area (Å²) in [4.78, 5) is 14.5. The molecule has 4 nitrogen and oxygen atoms in total. The first-order valence-corrected chi connectivity index (χ1v) is 8.44. The van der Waals surface area contributed by atoms with Gasteiger partial charge in [0.2, 0.25) is 5.91 Å². The molecule has 0 radical (unpaired) electrons. The van der Waals surface area contributed by atoms with Gasteiger partial charge in [-0.1, -0.05) is 19.8 Å². The molecule has 1 aliphatic carbocycles. The number of carbonyl (C=O) groups is 1. The summed E-state index contributed by atoms with van der Waals surface area (Å²) in [7, 11) is 0. The second-order valence-electron chi connectivity index (χ2n) is 6.63. The molecule has 0 spiro atoms. The van der Waals surface area contributed by atoms with E-state index in [1.807, 2.05) is 0 Å². The van der Waals surface area contributed by atoms with E-state index in [9.17, 15) is 4.79 Å². The molecule has 0 bridgehead atoms. The van der Waals surface area contributed by atoms with Crippen LogP contribution in [0.4, 0.5) is 0 Å². The molecule has 116 valence electrons. The number of piperidine rings is 1. The fourth-order valence-electron chi connectivity index (χ4n) is 3.69. The van der Waals surface area contributed by atoms with Gasteiger partial charge in [-0.25, -0.2) is 0 Å². The molecule has 1 amide bonds. The zero-order valence-corrected chi connectivity index (χ0v) is 12.9. The van der Waals surface area contributed by atoms with Crippen molar-refractivity contribution in [2.24, 2.45) is 11.7 Å². The van der Waals surface area contributed by atoms with Gasteiger partial charge >= 0.3 is 0 Å². The molecule has 1 aliphatic heterocycles. The number of hydrogen-bond acceptors (Lipinski definition) is 3. The summed E-state index contributed by atoms with van der Waals surface area (Å²) in [5, 5.41) is 3.22. The topological polar surface area (TPSA) is 58.4 Å². The van der Waals surface area contributed by atoms with Gasteiger partial charge in [-0.15, -0.1) is 0 Å². The Morgan fingerprint density at radius 1 is 1.30 bits per heavy atom. The minimum Gasteiger partial charge on any atom is -0.352 e. The number of hydrogen-bond donors (Lipinski definition) is 2. The predicted octanol–water partition coefficient (Wildman–Crippen LogP) is 1.88. The standard InChI is InChI=1S/C16H31N3O/c1-2-19-10-4-7-15(12-19)18-16(20)9-8-13-5-3-6-14(17)11-13/h13-15H,2-12,17H2,1H3,(H,18,20). The number of nitrogens with one attached hydrogen (secondary N) is 1. The second-order valence-corrected chi connectivity index (χ2v) is 6.63. The van der Waals surface area contributed by atoms with Gasteiger partial charge < -0.3 is 16.0 Å². The summed E-state index contributed by atoms with van der Waals surface area (Å²) in [6, 6.07) is 0.734. The van der Waals surface area contributed by atoms with Crippen LogP contribution in [-0.4, -0.2) is 42.5 Å². The van der Waals surface area contributed by atoms with Gasteiger partial charge in [-0.05, 0) is 51.1 Å². The summed E-state index contributed by atoms with van der Waals surface area (Å²) >= 11 is 0. The van der Waals surface area contributed by atoms with E-state index in [-0.39, 0.29) is 5.91 Å². The molecule has 2 aliphatic rings. The Balaban J connectivity index is 1.64.